The van der Waals surface area contributed by atoms with E-state index in [1.807, 2.05) is 13.8 Å². The molecule has 1 N–H and O–H groups in total. The minimum Gasteiger partial charge on any atom is -0.481 e. The Kier molecular flexibility index (Phi) is 10.6. The predicted octanol–water partition coefficient (Wildman–Crippen LogP) is -1.60. The monoisotopic (exact) mass is 228 g/mol. The molecule has 1 atom stereocenters. The molecule has 6 heteroatoms. The van der Waals surface area contributed by atoms with Crippen molar-refractivity contribution < 1.29 is 66.2 Å². The van der Waals surface area contributed by atoms with Crippen LogP contribution in [0.2, 0.25) is 0 Å². The van der Waals surface area contributed by atoms with E-state index in [1.54, 1.807) is 0 Å². The molecule has 0 fully saturated rings. The van der Waals surface area contributed by atoms with E-state index in [4.69, 9.17) is 5.11 Å². The molecular weight excluding hydrogens is 213 g/mol. The van der Waals surface area contributed by atoms with Crippen LogP contribution in [-0.4, -0.2) is 22.5 Å². The zero-order chi connectivity index (χ0) is 10.4. The molecule has 0 aromatic heterocycles. The van der Waals surface area contributed by atoms with Crippen molar-refractivity contribution in [1.82, 2.24) is 0 Å². The van der Waals surface area contributed by atoms with Crippen LogP contribution < -0.4 is 51.4 Å². The molecule has 0 amide bonds. The second kappa shape index (κ2) is 8.79. The Morgan fingerprint density at radius 2 is 2.00 bits per heavy atom. The zero-order valence-corrected chi connectivity index (χ0v) is 12.0. The van der Waals surface area contributed by atoms with E-state index < -0.39 is 10.9 Å². The number of nitro groups is 1. The average molecular weight is 228 g/mol. The minimum atomic E-state index is -0.965. The minimum absolute atomic E-state index is 0. The fraction of sp³-hybridized carbons (Fsp3) is 0.875. The first-order valence-corrected chi connectivity index (χ1v) is 4.25. The van der Waals surface area contributed by atoms with Crippen molar-refractivity contribution in [2.24, 2.45) is 11.8 Å². The standard InChI is InChI=1S/C8H15NO4.K/c1-6(2)3-7(4-8(10)11)5-9(12)13;/h6-7H,3-5H2,1-2H3,(H,10,11);/q;+1. The molecule has 0 heterocycles. The fourth-order valence-electron chi connectivity index (χ4n) is 1.35. The molecule has 0 aliphatic carbocycles. The number of carboxylic acids is 1. The number of carboxylic acid groups (broad SMARTS) is 1. The molecule has 0 aromatic rings. The van der Waals surface area contributed by atoms with Crippen molar-refractivity contribution in [2.75, 3.05) is 6.54 Å². The maximum Gasteiger partial charge on any atom is 1.00 e. The van der Waals surface area contributed by atoms with Crippen molar-refractivity contribution in [1.29, 1.82) is 0 Å². The van der Waals surface area contributed by atoms with Crippen LogP contribution in [0.5, 0.6) is 0 Å². The van der Waals surface area contributed by atoms with E-state index in [2.05, 4.69) is 0 Å². The van der Waals surface area contributed by atoms with Gasteiger partial charge in [0.05, 0.1) is 6.42 Å². The summed E-state index contributed by atoms with van der Waals surface area (Å²) in [7, 11) is 0. The van der Waals surface area contributed by atoms with Gasteiger partial charge >= 0.3 is 57.4 Å². The summed E-state index contributed by atoms with van der Waals surface area (Å²) < 4.78 is 0. The van der Waals surface area contributed by atoms with Crippen LogP contribution >= 0.6 is 0 Å². The Morgan fingerprint density at radius 1 is 1.50 bits per heavy atom. The van der Waals surface area contributed by atoms with Crippen LogP contribution in [0.15, 0.2) is 0 Å². The van der Waals surface area contributed by atoms with Gasteiger partial charge in [-0.25, -0.2) is 0 Å². The Bertz CT molecular complexity index is 180. The van der Waals surface area contributed by atoms with Crippen LogP contribution in [-0.2, 0) is 4.79 Å². The first-order chi connectivity index (χ1) is 5.91. The van der Waals surface area contributed by atoms with Gasteiger partial charge in [0, 0.05) is 10.8 Å². The third-order valence-corrected chi connectivity index (χ3v) is 1.68. The maximum atomic E-state index is 10.4. The largest absolute Gasteiger partial charge is 1.00 e. The Balaban J connectivity index is 0. The van der Waals surface area contributed by atoms with E-state index >= 15 is 0 Å². The van der Waals surface area contributed by atoms with Gasteiger partial charge in [0.2, 0.25) is 6.54 Å². The summed E-state index contributed by atoms with van der Waals surface area (Å²) in [4.78, 5) is 20.1. The molecule has 0 saturated heterocycles. The molecule has 14 heavy (non-hydrogen) atoms. The van der Waals surface area contributed by atoms with Crippen molar-refractivity contribution in [3.05, 3.63) is 10.1 Å². The van der Waals surface area contributed by atoms with Crippen molar-refractivity contribution in [2.45, 2.75) is 26.7 Å². The molecule has 0 radical (unpaired) electrons. The van der Waals surface area contributed by atoms with Crippen LogP contribution in [0.25, 0.3) is 0 Å². The van der Waals surface area contributed by atoms with E-state index in [0.717, 1.165) is 0 Å². The summed E-state index contributed by atoms with van der Waals surface area (Å²) >= 11 is 0. The van der Waals surface area contributed by atoms with Gasteiger partial charge in [0.1, 0.15) is 0 Å². The molecule has 0 rings (SSSR count). The topological polar surface area (TPSA) is 80.4 Å². The van der Waals surface area contributed by atoms with Crippen LogP contribution in [0.1, 0.15) is 26.7 Å². The normalized spacial score (nSPS) is 11.9. The molecular formula is C8H15KNO4+. The second-order valence-electron chi connectivity index (χ2n) is 3.61. The van der Waals surface area contributed by atoms with Gasteiger partial charge in [0.25, 0.3) is 0 Å². The Hall–Kier alpha value is 0.506. The van der Waals surface area contributed by atoms with Gasteiger partial charge in [-0.1, -0.05) is 13.8 Å². The summed E-state index contributed by atoms with van der Waals surface area (Å²) in [6.07, 6.45) is 0.479. The van der Waals surface area contributed by atoms with Gasteiger partial charge < -0.3 is 5.11 Å². The van der Waals surface area contributed by atoms with Crippen LogP contribution in [0.3, 0.4) is 0 Å². The first-order valence-electron chi connectivity index (χ1n) is 4.25. The van der Waals surface area contributed by atoms with E-state index in [9.17, 15) is 14.9 Å². The summed E-state index contributed by atoms with van der Waals surface area (Å²) in [5.74, 6) is -1.01. The zero-order valence-electron chi connectivity index (χ0n) is 8.90. The van der Waals surface area contributed by atoms with Crippen LogP contribution in [0, 0.1) is 22.0 Å². The summed E-state index contributed by atoms with van der Waals surface area (Å²) in [5, 5.41) is 18.7. The predicted molar refractivity (Wildman–Crippen MR) is 47.1 cm³/mol. The van der Waals surface area contributed by atoms with E-state index in [1.165, 1.54) is 0 Å². The molecule has 0 bridgehead atoms. The van der Waals surface area contributed by atoms with Crippen LogP contribution in [0.4, 0.5) is 0 Å². The van der Waals surface area contributed by atoms with Crippen molar-refractivity contribution in [3.63, 3.8) is 0 Å². The van der Waals surface area contributed by atoms with Gasteiger partial charge in [-0.2, -0.15) is 0 Å². The molecule has 0 aliphatic heterocycles. The Morgan fingerprint density at radius 3 is 2.29 bits per heavy atom. The van der Waals surface area contributed by atoms with Crippen molar-refractivity contribution >= 4 is 5.97 Å². The number of hydrogen-bond acceptors (Lipinski definition) is 3. The van der Waals surface area contributed by atoms with Gasteiger partial charge in [0.15, 0.2) is 0 Å². The number of nitrogens with zero attached hydrogens (tertiary/aromatic N) is 1. The van der Waals surface area contributed by atoms with Crippen molar-refractivity contribution in [3.8, 4) is 0 Å². The molecule has 0 aliphatic rings. The first kappa shape index (κ1) is 16.9. The molecule has 5 nitrogen and oxygen atoms in total. The molecule has 0 saturated carbocycles. The second-order valence-corrected chi connectivity index (χ2v) is 3.61. The number of carbonyl (C=O) groups is 1. The number of rotatable bonds is 6. The van der Waals surface area contributed by atoms with Gasteiger partial charge in [-0.15, -0.1) is 0 Å². The summed E-state index contributed by atoms with van der Waals surface area (Å²) in [6.45, 7) is 3.61. The molecule has 1 unspecified atom stereocenters. The summed E-state index contributed by atoms with van der Waals surface area (Å²) in [5.41, 5.74) is 0. The average Bonchev–Trinajstić information content (AvgIpc) is 1.80. The third-order valence-electron chi connectivity index (χ3n) is 1.68. The quantitative estimate of drug-likeness (QED) is 0.337. The molecule has 0 spiro atoms. The SMILES string of the molecule is CC(C)CC(CC(=O)O)C[N+](=O)[O-].[K+]. The van der Waals surface area contributed by atoms with E-state index in [0.29, 0.717) is 12.3 Å². The van der Waals surface area contributed by atoms with Gasteiger partial charge in [-0.05, 0) is 12.3 Å². The maximum absolute atomic E-state index is 10.4. The fourth-order valence-corrected chi connectivity index (χ4v) is 1.35. The third kappa shape index (κ3) is 10.6. The number of aliphatic carboxylic acids is 1. The number of hydrogen-bond donors (Lipinski definition) is 1. The Labute approximate surface area is 126 Å². The molecule has 76 valence electrons. The van der Waals surface area contributed by atoms with Gasteiger partial charge in [-0.3, -0.25) is 14.9 Å². The summed E-state index contributed by atoms with van der Waals surface area (Å²) in [6, 6.07) is 0. The molecule has 0 aromatic carbocycles. The van der Waals surface area contributed by atoms with E-state index in [-0.39, 0.29) is 70.3 Å². The smallest absolute Gasteiger partial charge is 0.481 e.